The Kier molecular flexibility index (Phi) is 6.94. The molecular formula is C26H24ClN3O2S2. The summed E-state index contributed by atoms with van der Waals surface area (Å²) in [5, 5.41) is 9.73. The standard InChI is InChI=1S/C26H24ClN3O2S2/c27-21-7-3-1-5-18(21)13-24(31)30-11-9-17(10-12-30)26-29-22(16-34-26)25(32)28-14-19-15-33-23-8-4-2-6-20(19)23/h1-8,15-17H,9-14H2,(H,28,32). The van der Waals surface area contributed by atoms with Gasteiger partial charge in [-0.05, 0) is 46.9 Å². The lowest BCUT2D eigenvalue weighted by Crippen LogP contribution is -2.38. The monoisotopic (exact) mass is 509 g/mol. The van der Waals surface area contributed by atoms with Gasteiger partial charge in [0.15, 0.2) is 0 Å². The number of hydrogen-bond donors (Lipinski definition) is 1. The molecule has 3 heterocycles. The van der Waals surface area contributed by atoms with E-state index in [9.17, 15) is 9.59 Å². The lowest BCUT2D eigenvalue weighted by Gasteiger charge is -2.31. The molecule has 5 rings (SSSR count). The van der Waals surface area contributed by atoms with Gasteiger partial charge in [0.05, 0.1) is 11.4 Å². The van der Waals surface area contributed by atoms with Crippen molar-refractivity contribution in [3.05, 3.63) is 86.1 Å². The maximum absolute atomic E-state index is 12.7. The van der Waals surface area contributed by atoms with E-state index in [1.54, 1.807) is 11.3 Å². The number of carbonyl (C=O) groups excluding carboxylic acids is 2. The molecule has 34 heavy (non-hydrogen) atoms. The maximum Gasteiger partial charge on any atom is 0.271 e. The van der Waals surface area contributed by atoms with Crippen molar-refractivity contribution in [2.45, 2.75) is 31.7 Å². The fraction of sp³-hybridized carbons (Fsp3) is 0.269. The number of likely N-dealkylation sites (tertiary alicyclic amines) is 1. The summed E-state index contributed by atoms with van der Waals surface area (Å²) < 4.78 is 1.22. The molecule has 0 aliphatic carbocycles. The van der Waals surface area contributed by atoms with Gasteiger partial charge in [-0.25, -0.2) is 4.98 Å². The Bertz CT molecular complexity index is 1320. The normalized spacial score (nSPS) is 14.4. The summed E-state index contributed by atoms with van der Waals surface area (Å²) in [7, 11) is 0. The quantitative estimate of drug-likeness (QED) is 0.352. The average molecular weight is 510 g/mol. The molecule has 1 saturated heterocycles. The second-order valence-electron chi connectivity index (χ2n) is 8.43. The van der Waals surface area contributed by atoms with E-state index in [1.807, 2.05) is 46.7 Å². The van der Waals surface area contributed by atoms with Crippen LogP contribution in [0.4, 0.5) is 0 Å². The highest BCUT2D eigenvalue weighted by molar-refractivity contribution is 7.17. The number of nitrogens with zero attached hydrogens (tertiary/aromatic N) is 2. The zero-order valence-electron chi connectivity index (χ0n) is 18.5. The zero-order chi connectivity index (χ0) is 23.5. The fourth-order valence-corrected chi connectivity index (χ4v) is 6.44. The number of piperidine rings is 1. The van der Waals surface area contributed by atoms with Crippen LogP contribution < -0.4 is 5.32 Å². The molecule has 0 atom stereocenters. The molecule has 1 N–H and O–H groups in total. The molecule has 1 aliphatic rings. The predicted molar refractivity (Wildman–Crippen MR) is 139 cm³/mol. The molecule has 0 unspecified atom stereocenters. The second-order valence-corrected chi connectivity index (χ2v) is 10.6. The molecule has 2 amide bonds. The van der Waals surface area contributed by atoms with Gasteiger partial charge in [0.1, 0.15) is 5.69 Å². The molecule has 174 valence electrons. The van der Waals surface area contributed by atoms with E-state index in [-0.39, 0.29) is 17.7 Å². The van der Waals surface area contributed by atoms with Crippen molar-refractivity contribution in [1.29, 1.82) is 0 Å². The van der Waals surface area contributed by atoms with Crippen LogP contribution in [-0.2, 0) is 17.8 Å². The fourth-order valence-electron chi connectivity index (χ4n) is 4.31. The lowest BCUT2D eigenvalue weighted by molar-refractivity contribution is -0.131. The first kappa shape index (κ1) is 23.0. The first-order valence-electron chi connectivity index (χ1n) is 11.3. The van der Waals surface area contributed by atoms with Crippen LogP contribution in [-0.4, -0.2) is 34.8 Å². The Balaban J connectivity index is 1.14. The van der Waals surface area contributed by atoms with E-state index < -0.39 is 0 Å². The van der Waals surface area contributed by atoms with Crippen molar-refractivity contribution in [3.63, 3.8) is 0 Å². The number of nitrogens with one attached hydrogen (secondary N) is 1. The van der Waals surface area contributed by atoms with Crippen molar-refractivity contribution in [2.75, 3.05) is 13.1 Å². The van der Waals surface area contributed by atoms with Crippen molar-refractivity contribution in [3.8, 4) is 0 Å². The van der Waals surface area contributed by atoms with Gasteiger partial charge in [-0.15, -0.1) is 22.7 Å². The summed E-state index contributed by atoms with van der Waals surface area (Å²) in [4.78, 5) is 31.9. The first-order valence-corrected chi connectivity index (χ1v) is 13.4. The van der Waals surface area contributed by atoms with Crippen molar-refractivity contribution in [2.24, 2.45) is 0 Å². The highest BCUT2D eigenvalue weighted by atomic mass is 35.5. The topological polar surface area (TPSA) is 62.3 Å². The Morgan fingerprint density at radius 3 is 2.59 bits per heavy atom. The SMILES string of the molecule is O=C(NCc1csc2ccccc12)c1csc(C2CCN(C(=O)Cc3ccccc3Cl)CC2)n1. The van der Waals surface area contributed by atoms with E-state index in [0.29, 0.717) is 36.8 Å². The number of amides is 2. The number of benzene rings is 2. The van der Waals surface area contributed by atoms with Crippen LogP contribution in [0.5, 0.6) is 0 Å². The molecule has 5 nitrogen and oxygen atoms in total. The van der Waals surface area contributed by atoms with E-state index in [1.165, 1.54) is 21.4 Å². The number of carbonyl (C=O) groups is 2. The summed E-state index contributed by atoms with van der Waals surface area (Å²) in [5.41, 5.74) is 2.46. The molecule has 2 aromatic heterocycles. The van der Waals surface area contributed by atoms with Gasteiger partial charge in [0.2, 0.25) is 5.91 Å². The molecule has 0 radical (unpaired) electrons. The van der Waals surface area contributed by atoms with E-state index >= 15 is 0 Å². The van der Waals surface area contributed by atoms with Crippen molar-refractivity contribution < 1.29 is 9.59 Å². The average Bonchev–Trinajstić information content (AvgIpc) is 3.52. The summed E-state index contributed by atoms with van der Waals surface area (Å²) >= 11 is 9.43. The number of fused-ring (bicyclic) bond motifs is 1. The summed E-state index contributed by atoms with van der Waals surface area (Å²) in [5.74, 6) is 0.230. The molecule has 1 fully saturated rings. The van der Waals surface area contributed by atoms with Gasteiger partial charge in [0, 0.05) is 40.7 Å². The van der Waals surface area contributed by atoms with Gasteiger partial charge in [-0.2, -0.15) is 0 Å². The minimum atomic E-state index is -0.148. The van der Waals surface area contributed by atoms with E-state index in [4.69, 9.17) is 11.6 Å². The van der Waals surface area contributed by atoms with Crippen LogP contribution in [0.3, 0.4) is 0 Å². The second kappa shape index (κ2) is 10.3. The molecule has 1 aliphatic heterocycles. The summed E-state index contributed by atoms with van der Waals surface area (Å²) in [6.07, 6.45) is 2.03. The van der Waals surface area contributed by atoms with Crippen molar-refractivity contribution in [1.82, 2.24) is 15.2 Å². The molecule has 8 heteroatoms. The highest BCUT2D eigenvalue weighted by Gasteiger charge is 2.26. The maximum atomic E-state index is 12.7. The molecule has 2 aromatic carbocycles. The van der Waals surface area contributed by atoms with Gasteiger partial charge in [-0.1, -0.05) is 48.0 Å². The number of thiazole rings is 1. The predicted octanol–water partition coefficient (Wildman–Crippen LogP) is 5.89. The van der Waals surface area contributed by atoms with Crippen LogP contribution >= 0.6 is 34.3 Å². The Morgan fingerprint density at radius 1 is 1.00 bits per heavy atom. The number of thiophene rings is 1. The Morgan fingerprint density at radius 2 is 1.76 bits per heavy atom. The third-order valence-corrected chi connectivity index (χ3v) is 8.64. The largest absolute Gasteiger partial charge is 0.347 e. The highest BCUT2D eigenvalue weighted by Crippen LogP contribution is 2.31. The first-order chi connectivity index (χ1) is 16.6. The molecule has 0 saturated carbocycles. The van der Waals surface area contributed by atoms with Crippen LogP contribution in [0.25, 0.3) is 10.1 Å². The molecule has 0 bridgehead atoms. The van der Waals surface area contributed by atoms with E-state index in [0.717, 1.165) is 29.0 Å². The summed E-state index contributed by atoms with van der Waals surface area (Å²) in [6.45, 7) is 1.88. The number of hydrogen-bond acceptors (Lipinski definition) is 5. The number of rotatable bonds is 6. The summed E-state index contributed by atoms with van der Waals surface area (Å²) in [6, 6.07) is 15.7. The zero-order valence-corrected chi connectivity index (χ0v) is 20.9. The smallest absolute Gasteiger partial charge is 0.271 e. The van der Waals surface area contributed by atoms with Crippen LogP contribution in [0.1, 0.15) is 45.4 Å². The van der Waals surface area contributed by atoms with Crippen LogP contribution in [0.15, 0.2) is 59.3 Å². The van der Waals surface area contributed by atoms with Crippen LogP contribution in [0.2, 0.25) is 5.02 Å². The van der Waals surface area contributed by atoms with Crippen molar-refractivity contribution >= 4 is 56.2 Å². The van der Waals surface area contributed by atoms with Gasteiger partial charge >= 0.3 is 0 Å². The Labute approximate surface area is 211 Å². The third-order valence-electron chi connectivity index (χ3n) is 6.25. The minimum absolute atomic E-state index is 0.103. The van der Waals surface area contributed by atoms with Crippen LogP contribution in [0, 0.1) is 0 Å². The minimum Gasteiger partial charge on any atom is -0.347 e. The van der Waals surface area contributed by atoms with Gasteiger partial charge in [0.25, 0.3) is 5.91 Å². The van der Waals surface area contributed by atoms with Gasteiger partial charge in [-0.3, -0.25) is 9.59 Å². The molecular weight excluding hydrogens is 486 g/mol. The van der Waals surface area contributed by atoms with E-state index in [2.05, 4.69) is 27.8 Å². The molecule has 0 spiro atoms. The molecule has 4 aromatic rings. The van der Waals surface area contributed by atoms with Gasteiger partial charge < -0.3 is 10.2 Å². The Hall–Kier alpha value is -2.74. The third kappa shape index (κ3) is 5.02. The number of halogens is 1. The number of aromatic nitrogens is 1. The lowest BCUT2D eigenvalue weighted by atomic mass is 9.97.